The molecule has 0 spiro atoms. The first-order chi connectivity index (χ1) is 15.4. The molecule has 32 heavy (non-hydrogen) atoms. The molecule has 1 aromatic heterocycles. The van der Waals surface area contributed by atoms with E-state index in [4.69, 9.17) is 14.0 Å². The number of benzene rings is 2. The molecule has 0 radical (unpaired) electrons. The summed E-state index contributed by atoms with van der Waals surface area (Å²) >= 11 is 0. The molecule has 3 aromatic rings. The third-order valence-corrected chi connectivity index (χ3v) is 4.97. The van der Waals surface area contributed by atoms with E-state index in [-0.39, 0.29) is 42.9 Å². The fourth-order valence-corrected chi connectivity index (χ4v) is 3.31. The molecule has 4 rings (SSSR count). The SMILES string of the molecule is COc1cccc(N2CC(C(=O)OCc3nc(-c4ccc([N+](=O)[O-])cc4)no3)CC2=O)c1. The van der Waals surface area contributed by atoms with Crippen molar-refractivity contribution >= 4 is 23.3 Å². The Hall–Kier alpha value is -4.28. The maximum absolute atomic E-state index is 12.5. The van der Waals surface area contributed by atoms with Gasteiger partial charge in [-0.05, 0) is 24.3 Å². The number of anilines is 1. The number of aromatic nitrogens is 2. The van der Waals surface area contributed by atoms with Crippen molar-refractivity contribution in [3.63, 3.8) is 0 Å². The molecule has 2 heterocycles. The van der Waals surface area contributed by atoms with E-state index >= 15 is 0 Å². The fraction of sp³-hybridized carbons (Fsp3) is 0.238. The summed E-state index contributed by atoms with van der Waals surface area (Å²) in [6.07, 6.45) is 0.0356. The lowest BCUT2D eigenvalue weighted by molar-refractivity contribution is -0.384. The summed E-state index contributed by atoms with van der Waals surface area (Å²) < 4.78 is 15.5. The summed E-state index contributed by atoms with van der Waals surface area (Å²) in [6, 6.07) is 12.7. The first kappa shape index (κ1) is 21.0. The largest absolute Gasteiger partial charge is 0.497 e. The molecule has 1 saturated heterocycles. The minimum absolute atomic E-state index is 0.0356. The van der Waals surface area contributed by atoms with Crippen LogP contribution in [0.5, 0.6) is 5.75 Å². The van der Waals surface area contributed by atoms with E-state index in [0.29, 0.717) is 17.0 Å². The number of methoxy groups -OCH3 is 1. The zero-order chi connectivity index (χ0) is 22.7. The highest BCUT2D eigenvalue weighted by Crippen LogP contribution is 2.28. The normalized spacial score (nSPS) is 15.6. The Balaban J connectivity index is 1.35. The monoisotopic (exact) mass is 438 g/mol. The molecular formula is C21H18N4O7. The number of nitro groups is 1. The van der Waals surface area contributed by atoms with Crippen LogP contribution in [0.15, 0.2) is 53.1 Å². The van der Waals surface area contributed by atoms with Crippen LogP contribution in [-0.2, 0) is 20.9 Å². The Morgan fingerprint density at radius 2 is 2.06 bits per heavy atom. The zero-order valence-electron chi connectivity index (χ0n) is 17.0. The van der Waals surface area contributed by atoms with Gasteiger partial charge in [-0.25, -0.2) is 0 Å². The summed E-state index contributed by atoms with van der Waals surface area (Å²) in [6.45, 7) is -0.0502. The number of amides is 1. The van der Waals surface area contributed by atoms with E-state index < -0.39 is 16.8 Å². The molecule has 1 unspecified atom stereocenters. The fourth-order valence-electron chi connectivity index (χ4n) is 3.31. The minimum Gasteiger partial charge on any atom is -0.497 e. The molecule has 1 fully saturated rings. The first-order valence-corrected chi connectivity index (χ1v) is 9.63. The van der Waals surface area contributed by atoms with Gasteiger partial charge in [0, 0.05) is 42.4 Å². The maximum Gasteiger partial charge on any atom is 0.311 e. The van der Waals surface area contributed by atoms with Gasteiger partial charge in [-0.15, -0.1) is 0 Å². The van der Waals surface area contributed by atoms with Gasteiger partial charge in [-0.3, -0.25) is 19.7 Å². The Kier molecular flexibility index (Phi) is 5.79. The van der Waals surface area contributed by atoms with Crippen LogP contribution in [0.25, 0.3) is 11.4 Å². The number of hydrogen-bond donors (Lipinski definition) is 0. The second-order valence-corrected chi connectivity index (χ2v) is 7.03. The van der Waals surface area contributed by atoms with Gasteiger partial charge in [0.2, 0.25) is 11.7 Å². The Labute approximate surface area is 181 Å². The molecule has 0 saturated carbocycles. The number of non-ortho nitro benzene ring substituents is 1. The maximum atomic E-state index is 12.5. The van der Waals surface area contributed by atoms with Gasteiger partial charge in [0.05, 0.1) is 18.0 Å². The highest BCUT2D eigenvalue weighted by molar-refractivity contribution is 5.99. The van der Waals surface area contributed by atoms with Crippen molar-refractivity contribution in [1.82, 2.24) is 10.1 Å². The van der Waals surface area contributed by atoms with E-state index in [1.54, 1.807) is 24.3 Å². The predicted molar refractivity (Wildman–Crippen MR) is 110 cm³/mol. The predicted octanol–water partition coefficient (Wildman–Crippen LogP) is 2.75. The molecule has 0 N–H and O–H groups in total. The van der Waals surface area contributed by atoms with Crippen LogP contribution >= 0.6 is 0 Å². The van der Waals surface area contributed by atoms with E-state index in [2.05, 4.69) is 10.1 Å². The van der Waals surface area contributed by atoms with Gasteiger partial charge in [0.1, 0.15) is 5.75 Å². The van der Waals surface area contributed by atoms with Gasteiger partial charge >= 0.3 is 5.97 Å². The van der Waals surface area contributed by atoms with Crippen molar-refractivity contribution in [2.45, 2.75) is 13.0 Å². The highest BCUT2D eigenvalue weighted by atomic mass is 16.6. The van der Waals surface area contributed by atoms with E-state index in [0.717, 1.165) is 0 Å². The van der Waals surface area contributed by atoms with Crippen LogP contribution in [0.3, 0.4) is 0 Å². The highest BCUT2D eigenvalue weighted by Gasteiger charge is 2.36. The molecule has 0 bridgehead atoms. The van der Waals surface area contributed by atoms with Gasteiger partial charge < -0.3 is 18.9 Å². The van der Waals surface area contributed by atoms with Crippen molar-refractivity contribution in [3.8, 4) is 17.1 Å². The van der Waals surface area contributed by atoms with Crippen LogP contribution in [0.2, 0.25) is 0 Å². The minimum atomic E-state index is -0.620. The van der Waals surface area contributed by atoms with Gasteiger partial charge in [-0.1, -0.05) is 11.2 Å². The van der Waals surface area contributed by atoms with Crippen molar-refractivity contribution in [2.75, 3.05) is 18.6 Å². The number of nitro benzene ring substituents is 1. The Morgan fingerprint density at radius 1 is 1.28 bits per heavy atom. The topological polar surface area (TPSA) is 138 Å². The number of esters is 1. The molecule has 0 aliphatic carbocycles. The Morgan fingerprint density at radius 3 is 2.78 bits per heavy atom. The van der Waals surface area contributed by atoms with Gasteiger partial charge in [0.25, 0.3) is 11.6 Å². The molecule has 1 aliphatic heterocycles. The van der Waals surface area contributed by atoms with Gasteiger partial charge in [0.15, 0.2) is 6.61 Å². The zero-order valence-corrected chi connectivity index (χ0v) is 17.0. The molecule has 1 amide bonds. The number of nitrogens with zero attached hydrogens (tertiary/aromatic N) is 4. The lowest BCUT2D eigenvalue weighted by Crippen LogP contribution is -2.26. The molecule has 2 aromatic carbocycles. The van der Waals surface area contributed by atoms with Crippen LogP contribution in [0, 0.1) is 16.0 Å². The standard InChI is InChI=1S/C21H18N4O7/c1-30-17-4-2-3-16(10-17)24-11-14(9-19(24)26)21(27)31-12-18-22-20(23-32-18)13-5-7-15(8-6-13)25(28)29/h2-8,10,14H,9,11-12H2,1H3. The summed E-state index contributed by atoms with van der Waals surface area (Å²) in [5.74, 6) is -0.448. The number of carbonyl (C=O) groups excluding carboxylic acids is 2. The Bertz CT molecular complexity index is 1160. The van der Waals surface area contributed by atoms with Crippen LogP contribution < -0.4 is 9.64 Å². The number of rotatable bonds is 7. The lowest BCUT2D eigenvalue weighted by atomic mass is 10.1. The average molecular weight is 438 g/mol. The number of hydrogen-bond acceptors (Lipinski definition) is 9. The van der Waals surface area contributed by atoms with Gasteiger partial charge in [-0.2, -0.15) is 4.98 Å². The van der Waals surface area contributed by atoms with Crippen LogP contribution in [-0.4, -0.2) is 40.6 Å². The molecule has 1 aliphatic rings. The second kappa shape index (κ2) is 8.84. The second-order valence-electron chi connectivity index (χ2n) is 7.03. The molecule has 1 atom stereocenters. The third-order valence-electron chi connectivity index (χ3n) is 4.97. The molecular weight excluding hydrogens is 420 g/mol. The summed E-state index contributed by atoms with van der Waals surface area (Å²) in [5, 5.41) is 14.5. The molecule has 164 valence electrons. The van der Waals surface area contributed by atoms with Crippen LogP contribution in [0.1, 0.15) is 12.3 Å². The smallest absolute Gasteiger partial charge is 0.311 e. The van der Waals surface area contributed by atoms with Crippen molar-refractivity contribution in [1.29, 1.82) is 0 Å². The summed E-state index contributed by atoms with van der Waals surface area (Å²) in [4.78, 5) is 40.7. The quantitative estimate of drug-likeness (QED) is 0.309. The lowest BCUT2D eigenvalue weighted by Gasteiger charge is -2.17. The van der Waals surface area contributed by atoms with E-state index in [9.17, 15) is 19.7 Å². The van der Waals surface area contributed by atoms with Crippen LogP contribution in [0.4, 0.5) is 11.4 Å². The average Bonchev–Trinajstić information content (AvgIpc) is 3.44. The van der Waals surface area contributed by atoms with Crippen molar-refractivity contribution in [2.24, 2.45) is 5.92 Å². The molecule has 11 nitrogen and oxygen atoms in total. The number of carbonyl (C=O) groups is 2. The first-order valence-electron chi connectivity index (χ1n) is 9.63. The summed E-state index contributed by atoms with van der Waals surface area (Å²) in [7, 11) is 1.54. The number of ether oxygens (including phenoxy) is 2. The van der Waals surface area contributed by atoms with Crippen molar-refractivity contribution < 1.29 is 28.5 Å². The van der Waals surface area contributed by atoms with Crippen molar-refractivity contribution in [3.05, 3.63) is 64.5 Å². The van der Waals surface area contributed by atoms with E-state index in [1.807, 2.05) is 0 Å². The van der Waals surface area contributed by atoms with E-state index in [1.165, 1.54) is 36.3 Å². The molecule has 11 heteroatoms. The summed E-state index contributed by atoms with van der Waals surface area (Å²) in [5.41, 5.74) is 1.11. The third kappa shape index (κ3) is 4.41.